The second-order valence-electron chi connectivity index (χ2n) is 7.53. The van der Waals surface area contributed by atoms with Crippen molar-refractivity contribution >= 4 is 12.2 Å². The van der Waals surface area contributed by atoms with E-state index in [4.69, 9.17) is 9.47 Å². The summed E-state index contributed by atoms with van der Waals surface area (Å²) in [5.74, 6) is 0.199. The average Bonchev–Trinajstić information content (AvgIpc) is 3.04. The molecule has 1 aromatic rings. The fourth-order valence-electron chi connectivity index (χ4n) is 4.00. The molecule has 1 N–H and O–H groups in total. The number of piperidine rings is 1. The zero-order valence-electron chi connectivity index (χ0n) is 15.9. The zero-order chi connectivity index (χ0) is 19.4. The van der Waals surface area contributed by atoms with Crippen LogP contribution in [0.5, 0.6) is 0 Å². The molecule has 7 heteroatoms. The lowest BCUT2D eigenvalue weighted by Gasteiger charge is -2.38. The predicted octanol–water partition coefficient (Wildman–Crippen LogP) is 2.48. The van der Waals surface area contributed by atoms with Gasteiger partial charge in [0.1, 0.15) is 6.61 Å². The molecular weight excluding hydrogens is 348 g/mol. The summed E-state index contributed by atoms with van der Waals surface area (Å²) in [6.07, 6.45) is -0.223. The normalized spacial score (nSPS) is 24.7. The molecule has 0 saturated carbocycles. The Morgan fingerprint density at radius 3 is 2.59 bits per heavy atom. The molecule has 3 atom stereocenters. The number of rotatable bonds is 4. The van der Waals surface area contributed by atoms with Crippen LogP contribution in [0.25, 0.3) is 0 Å². The first-order valence-corrected chi connectivity index (χ1v) is 9.53. The highest BCUT2D eigenvalue weighted by Gasteiger charge is 2.47. The fourth-order valence-corrected chi connectivity index (χ4v) is 4.00. The van der Waals surface area contributed by atoms with E-state index in [0.717, 1.165) is 12.0 Å². The van der Waals surface area contributed by atoms with Crippen LogP contribution in [-0.2, 0) is 16.1 Å². The predicted molar refractivity (Wildman–Crippen MR) is 99.0 cm³/mol. The van der Waals surface area contributed by atoms with Crippen LogP contribution in [0.1, 0.15) is 25.8 Å². The number of amides is 2. The number of carbonyl (C=O) groups excluding carboxylic acids is 2. The zero-order valence-corrected chi connectivity index (χ0v) is 15.9. The van der Waals surface area contributed by atoms with E-state index >= 15 is 0 Å². The van der Waals surface area contributed by atoms with Crippen LogP contribution in [-0.4, -0.2) is 65.5 Å². The third-order valence-corrected chi connectivity index (χ3v) is 5.34. The lowest BCUT2D eigenvalue weighted by Crippen LogP contribution is -2.52. The number of fused-ring (bicyclic) bond motifs is 1. The Labute approximate surface area is 159 Å². The molecule has 3 unspecified atom stereocenters. The van der Waals surface area contributed by atoms with Crippen molar-refractivity contribution in [3.8, 4) is 0 Å². The van der Waals surface area contributed by atoms with E-state index < -0.39 is 0 Å². The smallest absolute Gasteiger partial charge is 0.410 e. The molecule has 2 saturated heterocycles. The Balaban J connectivity index is 1.62. The van der Waals surface area contributed by atoms with Gasteiger partial charge in [-0.2, -0.15) is 0 Å². The minimum Gasteiger partial charge on any atom is -0.447 e. The molecule has 1 aromatic carbocycles. The molecule has 2 amide bonds. The summed E-state index contributed by atoms with van der Waals surface area (Å²) in [4.78, 5) is 28.3. The lowest BCUT2D eigenvalue weighted by molar-refractivity contribution is 0.0411. The molecule has 3 rings (SSSR count). The Hall–Kier alpha value is -2.28. The molecule has 0 bridgehead atoms. The Bertz CT molecular complexity index is 651. The van der Waals surface area contributed by atoms with Gasteiger partial charge in [-0.25, -0.2) is 9.59 Å². The maximum atomic E-state index is 12.5. The van der Waals surface area contributed by atoms with Crippen molar-refractivity contribution < 1.29 is 24.2 Å². The van der Waals surface area contributed by atoms with Crippen molar-refractivity contribution in [2.75, 3.05) is 26.2 Å². The van der Waals surface area contributed by atoms with Gasteiger partial charge in [0.15, 0.2) is 0 Å². The van der Waals surface area contributed by atoms with Gasteiger partial charge < -0.3 is 24.4 Å². The van der Waals surface area contributed by atoms with E-state index in [1.165, 1.54) is 0 Å². The second kappa shape index (κ2) is 8.61. The van der Waals surface area contributed by atoms with Gasteiger partial charge >= 0.3 is 12.2 Å². The Morgan fingerprint density at radius 1 is 1.19 bits per heavy atom. The van der Waals surface area contributed by atoms with E-state index in [2.05, 4.69) is 0 Å². The number of likely N-dealkylation sites (tertiary alicyclic amines) is 2. The molecule has 7 nitrogen and oxygen atoms in total. The first-order chi connectivity index (χ1) is 13.0. The summed E-state index contributed by atoms with van der Waals surface area (Å²) in [6.45, 7) is 5.31. The number of ether oxygens (including phenoxy) is 2. The van der Waals surface area contributed by atoms with E-state index in [1.807, 2.05) is 44.2 Å². The first-order valence-electron chi connectivity index (χ1n) is 9.53. The number of benzene rings is 1. The van der Waals surface area contributed by atoms with Crippen molar-refractivity contribution in [3.05, 3.63) is 35.9 Å². The maximum absolute atomic E-state index is 12.5. The fraction of sp³-hybridized carbons (Fsp3) is 0.600. The van der Waals surface area contributed by atoms with Gasteiger partial charge in [-0.15, -0.1) is 0 Å². The summed E-state index contributed by atoms with van der Waals surface area (Å²) in [5.41, 5.74) is 0.934. The summed E-state index contributed by atoms with van der Waals surface area (Å²) >= 11 is 0. The molecule has 0 aliphatic carbocycles. The summed E-state index contributed by atoms with van der Waals surface area (Å²) in [7, 11) is 0. The van der Waals surface area contributed by atoms with Crippen molar-refractivity contribution in [2.24, 2.45) is 11.8 Å². The molecular formula is C20H28N2O5. The van der Waals surface area contributed by atoms with E-state index in [-0.39, 0.29) is 49.4 Å². The molecule has 2 aliphatic heterocycles. The van der Waals surface area contributed by atoms with E-state index in [1.54, 1.807) is 9.80 Å². The Morgan fingerprint density at radius 2 is 1.93 bits per heavy atom. The Kier molecular flexibility index (Phi) is 6.21. The monoisotopic (exact) mass is 376 g/mol. The number of aliphatic hydroxyl groups is 1. The molecule has 0 spiro atoms. The van der Waals surface area contributed by atoms with Crippen LogP contribution < -0.4 is 0 Å². The van der Waals surface area contributed by atoms with Crippen molar-refractivity contribution in [1.82, 2.24) is 9.80 Å². The summed E-state index contributed by atoms with van der Waals surface area (Å²) < 4.78 is 10.8. The average molecular weight is 376 g/mol. The van der Waals surface area contributed by atoms with Crippen LogP contribution in [0.4, 0.5) is 9.59 Å². The number of nitrogens with zero attached hydrogens (tertiary/aromatic N) is 2. The van der Waals surface area contributed by atoms with Gasteiger partial charge in [-0.3, -0.25) is 0 Å². The number of hydrogen-bond acceptors (Lipinski definition) is 5. The van der Waals surface area contributed by atoms with Crippen LogP contribution >= 0.6 is 0 Å². The molecule has 2 fully saturated rings. The summed E-state index contributed by atoms with van der Waals surface area (Å²) in [6, 6.07) is 9.39. The summed E-state index contributed by atoms with van der Waals surface area (Å²) in [5, 5.41) is 9.69. The lowest BCUT2D eigenvalue weighted by atomic mass is 9.85. The molecule has 2 heterocycles. The van der Waals surface area contributed by atoms with Gasteiger partial charge in [0.05, 0.1) is 12.1 Å². The second-order valence-corrected chi connectivity index (χ2v) is 7.53. The largest absolute Gasteiger partial charge is 0.447 e. The molecule has 27 heavy (non-hydrogen) atoms. The van der Waals surface area contributed by atoms with Crippen LogP contribution in [0.15, 0.2) is 30.3 Å². The third-order valence-electron chi connectivity index (χ3n) is 5.34. The van der Waals surface area contributed by atoms with Gasteiger partial charge in [-0.05, 0) is 31.7 Å². The number of hydrogen-bond donors (Lipinski definition) is 1. The third kappa shape index (κ3) is 4.53. The molecule has 0 radical (unpaired) electrons. The molecule has 2 aliphatic rings. The standard InChI is InChI=1S/C20H28N2O5/c1-14(2)27-20(25)22-10-16(12-23)17-8-9-21(11-18(17)22)19(24)26-13-15-6-4-3-5-7-15/h3-7,14,16-18,23H,8-13H2,1-2H3. The van der Waals surface area contributed by atoms with Gasteiger partial charge in [0.2, 0.25) is 0 Å². The van der Waals surface area contributed by atoms with Crippen molar-refractivity contribution in [3.63, 3.8) is 0 Å². The minimum atomic E-state index is -0.379. The first kappa shape index (κ1) is 19.5. The van der Waals surface area contributed by atoms with Gasteiger partial charge in [-0.1, -0.05) is 30.3 Å². The van der Waals surface area contributed by atoms with Crippen LogP contribution in [0, 0.1) is 11.8 Å². The molecule has 0 aromatic heterocycles. The van der Waals surface area contributed by atoms with Crippen molar-refractivity contribution in [2.45, 2.75) is 39.0 Å². The van der Waals surface area contributed by atoms with Crippen LogP contribution in [0.2, 0.25) is 0 Å². The highest BCUT2D eigenvalue weighted by molar-refractivity contribution is 5.70. The topological polar surface area (TPSA) is 79.3 Å². The minimum absolute atomic E-state index is 0.0252. The highest BCUT2D eigenvalue weighted by atomic mass is 16.6. The van der Waals surface area contributed by atoms with Gasteiger partial charge in [0.25, 0.3) is 0 Å². The number of aliphatic hydroxyl groups excluding tert-OH is 1. The van der Waals surface area contributed by atoms with Crippen molar-refractivity contribution in [1.29, 1.82) is 0 Å². The quantitative estimate of drug-likeness (QED) is 0.873. The maximum Gasteiger partial charge on any atom is 0.410 e. The van der Waals surface area contributed by atoms with Gasteiger partial charge in [0, 0.05) is 32.2 Å². The van der Waals surface area contributed by atoms with E-state index in [9.17, 15) is 14.7 Å². The molecule has 148 valence electrons. The van der Waals surface area contributed by atoms with Crippen LogP contribution in [0.3, 0.4) is 0 Å². The SMILES string of the molecule is CC(C)OC(=O)N1CC(CO)C2CCN(C(=O)OCc3ccccc3)CC21. The van der Waals surface area contributed by atoms with E-state index in [0.29, 0.717) is 19.6 Å². The number of carbonyl (C=O) groups is 2. The highest BCUT2D eigenvalue weighted by Crippen LogP contribution is 2.36.